The number of hydrogen-bond donors (Lipinski definition) is 0. The fraction of sp³-hybridized carbons (Fsp3) is 0.190. The molecule has 1 unspecified atom stereocenters. The van der Waals surface area contributed by atoms with Crippen LogP contribution in [0.2, 0.25) is 19.6 Å². The van der Waals surface area contributed by atoms with Gasteiger partial charge in [0, 0.05) is 40.6 Å². The molecule has 7 aromatic rings. The van der Waals surface area contributed by atoms with Crippen molar-refractivity contribution in [2.24, 2.45) is 0 Å². The summed E-state index contributed by atoms with van der Waals surface area (Å²) in [4.78, 5) is 9.17. The summed E-state index contributed by atoms with van der Waals surface area (Å²) in [5.74, 6) is -1.52. The van der Waals surface area contributed by atoms with Gasteiger partial charge in [-0.15, -0.1) is 53.6 Å². The quantitative estimate of drug-likeness (QED) is 0.124. The van der Waals surface area contributed by atoms with Gasteiger partial charge in [-0.05, 0) is 46.1 Å². The van der Waals surface area contributed by atoms with Gasteiger partial charge < -0.3 is 14.4 Å². The van der Waals surface area contributed by atoms with E-state index < -0.39 is 19.9 Å². The zero-order valence-corrected chi connectivity index (χ0v) is 31.1. The summed E-state index contributed by atoms with van der Waals surface area (Å²) in [6, 6.07) is 42.4. The van der Waals surface area contributed by atoms with Crippen LogP contribution in [-0.2, 0) is 20.1 Å². The molecule has 3 heterocycles. The normalized spacial score (nSPS) is 13.5. The molecule has 0 aliphatic heterocycles. The van der Waals surface area contributed by atoms with E-state index >= 15 is 0 Å². The molecule has 3 aromatic heterocycles. The van der Waals surface area contributed by atoms with Crippen LogP contribution >= 0.6 is 0 Å². The third-order valence-corrected chi connectivity index (χ3v) is 10.3. The number of furan rings is 1. The summed E-state index contributed by atoms with van der Waals surface area (Å²) in [5, 5.41) is 3.49. The first-order valence-electron chi connectivity index (χ1n) is 16.7. The van der Waals surface area contributed by atoms with E-state index in [1.807, 2.05) is 118 Å². The fourth-order valence-electron chi connectivity index (χ4n) is 5.55. The molecule has 0 amide bonds. The van der Waals surface area contributed by atoms with Crippen LogP contribution in [0.3, 0.4) is 0 Å². The van der Waals surface area contributed by atoms with E-state index in [0.717, 1.165) is 61.1 Å². The Morgan fingerprint density at radius 1 is 0.702 bits per heavy atom. The zero-order chi connectivity index (χ0) is 34.1. The van der Waals surface area contributed by atoms with Crippen LogP contribution in [0.5, 0.6) is 0 Å². The van der Waals surface area contributed by atoms with Crippen molar-refractivity contribution in [3.63, 3.8) is 0 Å². The minimum atomic E-state index is -1.37. The van der Waals surface area contributed by atoms with E-state index in [-0.39, 0.29) is 20.1 Å². The van der Waals surface area contributed by atoms with Crippen molar-refractivity contribution < 1.29 is 27.3 Å². The molecular formula is C42H40IrN2OSi-2. The molecule has 0 spiro atoms. The molecule has 47 heavy (non-hydrogen) atoms. The van der Waals surface area contributed by atoms with E-state index in [1.165, 1.54) is 5.19 Å². The molecular weight excluding hydrogens is 769 g/mol. The second-order valence-electron chi connectivity index (χ2n) is 12.8. The molecule has 0 N–H and O–H groups in total. The summed E-state index contributed by atoms with van der Waals surface area (Å²) in [6.07, 6.45) is 3.74. The Kier molecular flexibility index (Phi) is 9.86. The molecule has 4 aromatic carbocycles. The van der Waals surface area contributed by atoms with Crippen molar-refractivity contribution >= 4 is 35.2 Å². The van der Waals surface area contributed by atoms with Crippen LogP contribution in [0, 0.1) is 12.1 Å². The number of nitrogens with zero attached hydrogens (tertiary/aromatic N) is 2. The smallest absolute Gasteiger partial charge is 0.120 e. The van der Waals surface area contributed by atoms with Gasteiger partial charge in [0.1, 0.15) is 5.58 Å². The number of para-hydroxylation sites is 1. The topological polar surface area (TPSA) is 38.9 Å². The number of aromatic nitrogens is 2. The molecule has 5 heteroatoms. The SMILES string of the molecule is [2H]C(C)(C)c1ccnc(-c2[c-]ccc3c2oc2ccccc23)c1.[2H]C(C)(c1ccccc1)c1ccc[c-]c1-c1ccc([Si](C)(C)C)cn1.[Ir]. The van der Waals surface area contributed by atoms with Gasteiger partial charge in [-0.25, -0.2) is 0 Å². The summed E-state index contributed by atoms with van der Waals surface area (Å²) >= 11 is 0. The first kappa shape index (κ1) is 31.4. The predicted molar refractivity (Wildman–Crippen MR) is 195 cm³/mol. The van der Waals surface area contributed by atoms with Crippen molar-refractivity contribution in [1.29, 1.82) is 0 Å². The summed E-state index contributed by atoms with van der Waals surface area (Å²) in [5.41, 5.74) is 7.88. The van der Waals surface area contributed by atoms with Gasteiger partial charge >= 0.3 is 0 Å². The Labute approximate surface area is 296 Å². The molecule has 1 atom stereocenters. The summed E-state index contributed by atoms with van der Waals surface area (Å²) in [6.45, 7) is 12.6. The van der Waals surface area contributed by atoms with Crippen LogP contribution in [0.25, 0.3) is 44.5 Å². The van der Waals surface area contributed by atoms with Crippen LogP contribution < -0.4 is 5.19 Å². The number of fused-ring (bicyclic) bond motifs is 3. The van der Waals surface area contributed by atoms with Gasteiger partial charge in [-0.2, -0.15) is 0 Å². The second-order valence-corrected chi connectivity index (χ2v) is 17.8. The maximum Gasteiger partial charge on any atom is 0.120 e. The molecule has 0 saturated heterocycles. The second kappa shape index (κ2) is 14.7. The first-order valence-corrected chi connectivity index (χ1v) is 19.2. The van der Waals surface area contributed by atoms with E-state index in [1.54, 1.807) is 6.20 Å². The summed E-state index contributed by atoms with van der Waals surface area (Å²) < 4.78 is 23.3. The molecule has 0 aliphatic carbocycles. The first-order chi connectivity index (χ1) is 22.8. The van der Waals surface area contributed by atoms with Crippen LogP contribution in [0.4, 0.5) is 0 Å². The van der Waals surface area contributed by atoms with Gasteiger partial charge in [0.05, 0.1) is 13.7 Å². The zero-order valence-electron chi connectivity index (χ0n) is 29.7. The average Bonchev–Trinajstić information content (AvgIpc) is 3.47. The maximum atomic E-state index is 9.00. The molecule has 0 bridgehead atoms. The van der Waals surface area contributed by atoms with Crippen LogP contribution in [0.15, 0.2) is 126 Å². The van der Waals surface area contributed by atoms with Gasteiger partial charge in [-0.1, -0.05) is 124 Å². The fourth-order valence-corrected chi connectivity index (χ4v) is 6.58. The number of pyridine rings is 2. The van der Waals surface area contributed by atoms with Crippen molar-refractivity contribution in [2.45, 2.75) is 52.2 Å². The standard InChI is InChI=1S/C22H24NSi.C20H16NO.Ir/c1-17(18-10-6-5-7-11-18)20-12-8-9-13-21(20)22-15-14-19(16-23-22)24(2,3)4;1-13(2)14-10-11-21-18(12-14)17-8-5-7-16-15-6-3-4-9-19(15)22-20(16)17;/h5-12,14-17H,1-4H3;3-7,9-13H,1-2H3;/q2*-1;/i17D;13D;. The van der Waals surface area contributed by atoms with Crippen molar-refractivity contribution in [1.82, 2.24) is 9.97 Å². The molecule has 0 aliphatic rings. The Morgan fingerprint density at radius 2 is 1.45 bits per heavy atom. The molecule has 0 saturated carbocycles. The monoisotopic (exact) mass is 811 g/mol. The van der Waals surface area contributed by atoms with Crippen LogP contribution in [-0.4, -0.2) is 18.0 Å². The molecule has 7 rings (SSSR count). The van der Waals surface area contributed by atoms with Crippen molar-refractivity contribution in [3.8, 4) is 22.5 Å². The Hall–Kier alpha value is -4.15. The Bertz CT molecular complexity index is 2180. The third kappa shape index (κ3) is 7.54. The predicted octanol–water partition coefficient (Wildman–Crippen LogP) is 10.8. The van der Waals surface area contributed by atoms with Gasteiger partial charge in [0.15, 0.2) is 0 Å². The van der Waals surface area contributed by atoms with E-state index in [0.29, 0.717) is 0 Å². The number of hydrogen-bond acceptors (Lipinski definition) is 3. The minimum Gasteiger partial charge on any atom is -0.501 e. The minimum absolute atomic E-state index is 0. The van der Waals surface area contributed by atoms with Crippen molar-refractivity contribution in [3.05, 3.63) is 150 Å². The molecule has 1 radical (unpaired) electrons. The third-order valence-electron chi connectivity index (χ3n) is 8.28. The van der Waals surface area contributed by atoms with E-state index in [4.69, 9.17) is 12.1 Å². The van der Waals surface area contributed by atoms with E-state index in [2.05, 4.69) is 55.0 Å². The van der Waals surface area contributed by atoms with E-state index in [9.17, 15) is 0 Å². The maximum absolute atomic E-state index is 9.00. The summed E-state index contributed by atoms with van der Waals surface area (Å²) in [7, 11) is -1.37. The van der Waals surface area contributed by atoms with Crippen LogP contribution in [0.1, 0.15) is 52.0 Å². The van der Waals surface area contributed by atoms with Crippen molar-refractivity contribution in [2.75, 3.05) is 0 Å². The van der Waals surface area contributed by atoms with Gasteiger partial charge in [0.25, 0.3) is 0 Å². The number of benzene rings is 4. The number of rotatable bonds is 6. The van der Waals surface area contributed by atoms with Gasteiger partial charge in [-0.3, -0.25) is 0 Å². The van der Waals surface area contributed by atoms with Gasteiger partial charge in [0.2, 0.25) is 0 Å². The molecule has 239 valence electrons. The molecule has 0 fully saturated rings. The Morgan fingerprint density at radius 3 is 2.17 bits per heavy atom. The molecule has 3 nitrogen and oxygen atoms in total. The average molecular weight is 811 g/mol. The Balaban J connectivity index is 0.000000188. The largest absolute Gasteiger partial charge is 0.501 e.